The van der Waals surface area contributed by atoms with Crippen molar-refractivity contribution >= 4 is 11.0 Å². The highest BCUT2D eigenvalue weighted by molar-refractivity contribution is 5.84. The largest absolute Gasteiger partial charge is 0.346 e. The third kappa shape index (κ3) is 1.23. The van der Waals surface area contributed by atoms with Gasteiger partial charge in [0.15, 0.2) is 0 Å². The van der Waals surface area contributed by atoms with Crippen molar-refractivity contribution in [1.29, 1.82) is 0 Å². The molecule has 16 heavy (non-hydrogen) atoms. The van der Waals surface area contributed by atoms with Crippen LogP contribution < -0.4 is 0 Å². The van der Waals surface area contributed by atoms with Gasteiger partial charge in [-0.2, -0.15) is 5.10 Å². The molecule has 0 aromatic carbocycles. The first-order valence-electron chi connectivity index (χ1n) is 5.21. The minimum absolute atomic E-state index is 0.892. The molecule has 0 spiro atoms. The highest BCUT2D eigenvalue weighted by Gasteiger charge is 2.07. The van der Waals surface area contributed by atoms with Crippen LogP contribution in [0.25, 0.3) is 16.7 Å². The Morgan fingerprint density at radius 1 is 1.25 bits per heavy atom. The number of aromatic nitrogens is 4. The second-order valence-electron chi connectivity index (χ2n) is 3.91. The van der Waals surface area contributed by atoms with E-state index in [1.54, 1.807) is 6.20 Å². The highest BCUT2D eigenvalue weighted by Crippen LogP contribution is 2.19. The van der Waals surface area contributed by atoms with Gasteiger partial charge in [0, 0.05) is 24.0 Å². The van der Waals surface area contributed by atoms with Gasteiger partial charge in [0.05, 0.1) is 11.4 Å². The maximum absolute atomic E-state index is 4.49. The Labute approximate surface area is 92.9 Å². The van der Waals surface area contributed by atoms with Gasteiger partial charge in [0.25, 0.3) is 0 Å². The van der Waals surface area contributed by atoms with Crippen molar-refractivity contribution in [3.8, 4) is 5.69 Å². The van der Waals surface area contributed by atoms with E-state index in [0.29, 0.717) is 0 Å². The zero-order chi connectivity index (χ0) is 11.1. The molecule has 0 unspecified atom stereocenters. The second-order valence-corrected chi connectivity index (χ2v) is 3.91. The van der Waals surface area contributed by atoms with E-state index in [4.69, 9.17) is 0 Å². The first kappa shape index (κ1) is 9.15. The van der Waals surface area contributed by atoms with E-state index in [9.17, 15) is 0 Å². The van der Waals surface area contributed by atoms with Gasteiger partial charge in [0.2, 0.25) is 0 Å². The monoisotopic (exact) mass is 212 g/mol. The third-order valence-corrected chi connectivity index (χ3v) is 2.83. The summed E-state index contributed by atoms with van der Waals surface area (Å²) in [6.45, 7) is 4.08. The molecule has 80 valence electrons. The van der Waals surface area contributed by atoms with Crippen LogP contribution >= 0.6 is 0 Å². The fraction of sp³-hybridized carbons (Fsp3) is 0.167. The van der Waals surface area contributed by atoms with Gasteiger partial charge >= 0.3 is 0 Å². The Balaban J connectivity index is 2.29. The summed E-state index contributed by atoms with van der Waals surface area (Å²) in [4.78, 5) is 7.36. The maximum Gasteiger partial charge on any atom is 0.139 e. The molecule has 0 bridgehead atoms. The van der Waals surface area contributed by atoms with E-state index in [1.165, 1.54) is 5.56 Å². The van der Waals surface area contributed by atoms with E-state index < -0.39 is 0 Å². The van der Waals surface area contributed by atoms with Crippen molar-refractivity contribution in [3.63, 3.8) is 0 Å². The molecule has 4 nitrogen and oxygen atoms in total. The summed E-state index contributed by atoms with van der Waals surface area (Å²) in [7, 11) is 0. The van der Waals surface area contributed by atoms with Gasteiger partial charge in [0.1, 0.15) is 5.65 Å². The summed E-state index contributed by atoms with van der Waals surface area (Å²) < 4.78 is 1.91. The number of rotatable bonds is 1. The molecule has 0 amide bonds. The van der Waals surface area contributed by atoms with Crippen molar-refractivity contribution in [2.45, 2.75) is 13.8 Å². The molecule has 1 N–H and O–H groups in total. The van der Waals surface area contributed by atoms with Gasteiger partial charge in [-0.1, -0.05) is 0 Å². The number of hydrogen-bond acceptors (Lipinski definition) is 2. The number of hydrogen-bond donors (Lipinski definition) is 1. The van der Waals surface area contributed by atoms with Crippen LogP contribution in [0.1, 0.15) is 11.3 Å². The van der Waals surface area contributed by atoms with Crippen LogP contribution in [-0.4, -0.2) is 19.7 Å². The summed E-state index contributed by atoms with van der Waals surface area (Å²) >= 11 is 0. The molecule has 0 saturated heterocycles. The standard InChI is InChI=1S/C12H12N4/c1-8-7-16(15-9(8)2)11-4-6-14-12-10(11)3-5-13-12/h3-7H,1-2H3,(H,13,14). The SMILES string of the molecule is Cc1cn(-c2ccnc3[nH]ccc23)nc1C. The van der Waals surface area contributed by atoms with Crippen LogP contribution in [0.3, 0.4) is 0 Å². The summed E-state index contributed by atoms with van der Waals surface area (Å²) in [5.41, 5.74) is 4.20. The summed E-state index contributed by atoms with van der Waals surface area (Å²) in [6.07, 6.45) is 5.72. The van der Waals surface area contributed by atoms with Gasteiger partial charge < -0.3 is 4.98 Å². The van der Waals surface area contributed by atoms with Crippen LogP contribution in [0.5, 0.6) is 0 Å². The van der Waals surface area contributed by atoms with Crippen molar-refractivity contribution in [1.82, 2.24) is 19.7 Å². The molecule has 4 heteroatoms. The first-order valence-corrected chi connectivity index (χ1v) is 5.21. The fourth-order valence-corrected chi connectivity index (χ4v) is 1.82. The number of aromatic amines is 1. The van der Waals surface area contributed by atoms with Crippen molar-refractivity contribution < 1.29 is 0 Å². The number of H-pyrrole nitrogens is 1. The Morgan fingerprint density at radius 2 is 2.12 bits per heavy atom. The molecule has 0 saturated carbocycles. The highest BCUT2D eigenvalue weighted by atomic mass is 15.3. The zero-order valence-electron chi connectivity index (χ0n) is 9.23. The van der Waals surface area contributed by atoms with Crippen LogP contribution in [-0.2, 0) is 0 Å². The van der Waals surface area contributed by atoms with Gasteiger partial charge in [-0.15, -0.1) is 0 Å². The molecule has 3 aromatic heterocycles. The van der Waals surface area contributed by atoms with Crippen LogP contribution in [0.4, 0.5) is 0 Å². The van der Waals surface area contributed by atoms with Gasteiger partial charge in [-0.05, 0) is 31.5 Å². The molecule has 0 aliphatic heterocycles. The van der Waals surface area contributed by atoms with E-state index in [2.05, 4.69) is 22.0 Å². The average molecular weight is 212 g/mol. The second kappa shape index (κ2) is 3.20. The molecular weight excluding hydrogens is 200 g/mol. The van der Waals surface area contributed by atoms with Crippen LogP contribution in [0.15, 0.2) is 30.7 Å². The normalized spacial score (nSPS) is 11.1. The van der Waals surface area contributed by atoms with Gasteiger partial charge in [-0.3, -0.25) is 0 Å². The maximum atomic E-state index is 4.49. The Bertz CT molecular complexity index is 628. The molecule has 0 fully saturated rings. The predicted octanol–water partition coefficient (Wildman–Crippen LogP) is 2.37. The van der Waals surface area contributed by atoms with E-state index in [1.807, 2.05) is 36.1 Å². The molecule has 0 aliphatic carbocycles. The molecule has 0 atom stereocenters. The lowest BCUT2D eigenvalue weighted by molar-refractivity contribution is 0.868. The minimum Gasteiger partial charge on any atom is -0.346 e. The summed E-state index contributed by atoms with van der Waals surface area (Å²) in [5.74, 6) is 0. The molecule has 3 rings (SSSR count). The summed E-state index contributed by atoms with van der Waals surface area (Å²) in [6, 6.07) is 3.99. The quantitative estimate of drug-likeness (QED) is 0.673. The average Bonchev–Trinajstić information content (AvgIpc) is 2.85. The Hall–Kier alpha value is -2.10. The molecule has 3 heterocycles. The third-order valence-electron chi connectivity index (χ3n) is 2.83. The van der Waals surface area contributed by atoms with Crippen molar-refractivity contribution in [3.05, 3.63) is 42.0 Å². The van der Waals surface area contributed by atoms with Gasteiger partial charge in [-0.25, -0.2) is 9.67 Å². The summed E-state index contributed by atoms with van der Waals surface area (Å²) in [5, 5.41) is 5.57. The molecule has 3 aromatic rings. The zero-order valence-corrected chi connectivity index (χ0v) is 9.23. The van der Waals surface area contributed by atoms with E-state index in [-0.39, 0.29) is 0 Å². The van der Waals surface area contributed by atoms with Crippen molar-refractivity contribution in [2.75, 3.05) is 0 Å². The number of nitrogens with zero attached hydrogens (tertiary/aromatic N) is 3. The van der Waals surface area contributed by atoms with E-state index in [0.717, 1.165) is 22.4 Å². The lowest BCUT2D eigenvalue weighted by Crippen LogP contribution is -1.96. The fourth-order valence-electron chi connectivity index (χ4n) is 1.82. The predicted molar refractivity (Wildman–Crippen MR) is 62.7 cm³/mol. The smallest absolute Gasteiger partial charge is 0.139 e. The Kier molecular flexibility index (Phi) is 1.83. The molecule has 0 radical (unpaired) electrons. The Morgan fingerprint density at radius 3 is 2.88 bits per heavy atom. The number of aryl methyl sites for hydroxylation is 2. The lowest BCUT2D eigenvalue weighted by Gasteiger charge is -2.01. The topological polar surface area (TPSA) is 46.5 Å². The molecular formula is C12H12N4. The minimum atomic E-state index is 0.892. The van der Waals surface area contributed by atoms with Crippen LogP contribution in [0, 0.1) is 13.8 Å². The van der Waals surface area contributed by atoms with Crippen molar-refractivity contribution in [2.24, 2.45) is 0 Å². The molecule has 0 aliphatic rings. The van der Waals surface area contributed by atoms with E-state index >= 15 is 0 Å². The lowest BCUT2D eigenvalue weighted by atomic mass is 10.3. The van der Waals surface area contributed by atoms with Crippen LogP contribution in [0.2, 0.25) is 0 Å². The number of pyridine rings is 1. The number of fused-ring (bicyclic) bond motifs is 1. The number of nitrogens with one attached hydrogen (secondary N) is 1. The first-order chi connectivity index (χ1) is 7.75.